The number of rotatable bonds is 4. The van der Waals surface area contributed by atoms with Crippen LogP contribution in [-0.2, 0) is 11.0 Å². The fraction of sp³-hybridized carbons (Fsp3) is 0.0769. The van der Waals surface area contributed by atoms with Crippen molar-refractivity contribution in [1.82, 2.24) is 0 Å². The number of para-hydroxylation sites is 1. The maximum Gasteiger partial charge on any atom is 0.416 e. The number of nitrogens with zero attached hydrogens (tertiary/aromatic N) is 1. The number of fused-ring (bicyclic) bond motifs is 1. The molecule has 9 heteroatoms. The number of aliphatic hydroxyl groups excluding tert-OH is 1. The Bertz CT molecular complexity index is 1470. The highest BCUT2D eigenvalue weighted by Crippen LogP contribution is 2.43. The molecule has 5 nitrogen and oxygen atoms in total. The van der Waals surface area contributed by atoms with Crippen molar-refractivity contribution in [3.05, 3.63) is 113 Å². The lowest BCUT2D eigenvalue weighted by atomic mass is 9.94. The van der Waals surface area contributed by atoms with Gasteiger partial charge in [-0.25, -0.2) is 4.39 Å². The summed E-state index contributed by atoms with van der Waals surface area (Å²) < 4.78 is 59.6. The summed E-state index contributed by atoms with van der Waals surface area (Å²) in [6.07, 6.45) is -4.61. The van der Waals surface area contributed by atoms with Gasteiger partial charge >= 0.3 is 6.18 Å². The Hall–Kier alpha value is -4.40. The molecule has 0 spiro atoms. The van der Waals surface area contributed by atoms with Crippen molar-refractivity contribution in [1.29, 1.82) is 0 Å². The smallest absolute Gasteiger partial charge is 0.416 e. The Morgan fingerprint density at radius 1 is 0.943 bits per heavy atom. The van der Waals surface area contributed by atoms with Crippen LogP contribution in [0.15, 0.2) is 94.6 Å². The molecule has 1 aliphatic heterocycles. The lowest BCUT2D eigenvalue weighted by Gasteiger charge is -2.27. The minimum absolute atomic E-state index is 0.0600. The Balaban J connectivity index is 1.65. The van der Waals surface area contributed by atoms with Gasteiger partial charge in [-0.3, -0.25) is 14.5 Å². The van der Waals surface area contributed by atoms with E-state index in [0.29, 0.717) is 11.0 Å². The molecule has 0 bridgehead atoms. The van der Waals surface area contributed by atoms with E-state index in [1.807, 2.05) is 0 Å². The van der Waals surface area contributed by atoms with Crippen LogP contribution >= 0.6 is 0 Å². The summed E-state index contributed by atoms with van der Waals surface area (Å²) in [5.41, 5.74) is -1.19. The predicted molar refractivity (Wildman–Crippen MR) is 118 cm³/mol. The van der Waals surface area contributed by atoms with Crippen LogP contribution in [0.2, 0.25) is 0 Å². The molecule has 1 amide bonds. The molecule has 1 aliphatic rings. The molecule has 1 unspecified atom stereocenters. The normalized spacial score (nSPS) is 16.4. The van der Waals surface area contributed by atoms with E-state index in [-0.39, 0.29) is 17.0 Å². The second kappa shape index (κ2) is 8.12. The highest BCUT2D eigenvalue weighted by atomic mass is 19.4. The Labute approximate surface area is 195 Å². The van der Waals surface area contributed by atoms with Gasteiger partial charge in [0.15, 0.2) is 11.5 Å². The summed E-state index contributed by atoms with van der Waals surface area (Å²) >= 11 is 0. The van der Waals surface area contributed by atoms with Gasteiger partial charge in [0, 0.05) is 16.6 Å². The van der Waals surface area contributed by atoms with Crippen LogP contribution in [0.3, 0.4) is 0 Å². The van der Waals surface area contributed by atoms with Gasteiger partial charge in [-0.05, 0) is 42.5 Å². The van der Waals surface area contributed by atoms with Gasteiger partial charge in [-0.1, -0.05) is 36.4 Å². The monoisotopic (exact) mass is 481 g/mol. The number of carbonyl (C=O) groups excluding carboxylic acids is 2. The Kier molecular flexibility index (Phi) is 5.20. The molecule has 0 saturated carbocycles. The van der Waals surface area contributed by atoms with Gasteiger partial charge in [0.2, 0.25) is 5.78 Å². The number of hydrogen-bond donors (Lipinski definition) is 1. The maximum absolute atomic E-state index is 14.9. The highest BCUT2D eigenvalue weighted by molar-refractivity contribution is 6.20. The molecule has 2 heterocycles. The highest BCUT2D eigenvalue weighted by Gasteiger charge is 2.46. The third-order valence-corrected chi connectivity index (χ3v) is 5.77. The average molecular weight is 481 g/mol. The zero-order chi connectivity index (χ0) is 24.9. The first-order chi connectivity index (χ1) is 16.7. The number of Topliss-reactive ketones (excluding diaryl/α,β-unsaturated/α-hetero) is 1. The molecule has 4 aromatic rings. The molecule has 5 rings (SSSR count). The van der Waals surface area contributed by atoms with Gasteiger partial charge in [0.25, 0.3) is 5.91 Å². The van der Waals surface area contributed by atoms with E-state index in [1.165, 1.54) is 24.3 Å². The van der Waals surface area contributed by atoms with E-state index >= 15 is 0 Å². The van der Waals surface area contributed by atoms with Crippen LogP contribution in [0, 0.1) is 5.82 Å². The van der Waals surface area contributed by atoms with Crippen molar-refractivity contribution < 1.29 is 36.7 Å². The Morgan fingerprint density at radius 3 is 2.26 bits per heavy atom. The largest absolute Gasteiger partial charge is 0.503 e. The summed E-state index contributed by atoms with van der Waals surface area (Å²) in [4.78, 5) is 27.5. The number of halogens is 4. The summed E-state index contributed by atoms with van der Waals surface area (Å²) in [5.74, 6) is -3.81. The SMILES string of the molecule is O=C(C1=C(O)C(=O)N(c2ccc(C(F)(F)F)cc2)C1c1ccccc1F)c1cc2ccccc2o1. The number of ketones is 1. The van der Waals surface area contributed by atoms with Gasteiger partial charge in [0.05, 0.1) is 17.2 Å². The number of anilines is 1. The van der Waals surface area contributed by atoms with Gasteiger partial charge in [-0.15, -0.1) is 0 Å². The molecule has 0 aliphatic carbocycles. The number of carbonyl (C=O) groups is 2. The first kappa shape index (κ1) is 22.4. The maximum atomic E-state index is 14.9. The predicted octanol–water partition coefficient (Wildman–Crippen LogP) is 6.37. The third-order valence-electron chi connectivity index (χ3n) is 5.77. The second-order valence-electron chi connectivity index (χ2n) is 7.88. The van der Waals surface area contributed by atoms with Crippen molar-refractivity contribution in [2.24, 2.45) is 0 Å². The zero-order valence-corrected chi connectivity index (χ0v) is 17.7. The van der Waals surface area contributed by atoms with E-state index in [4.69, 9.17) is 4.42 Å². The van der Waals surface area contributed by atoms with Crippen molar-refractivity contribution >= 4 is 28.3 Å². The van der Waals surface area contributed by atoms with Gasteiger partial charge < -0.3 is 9.52 Å². The molecule has 1 aromatic heterocycles. The van der Waals surface area contributed by atoms with Crippen LogP contribution in [0.4, 0.5) is 23.2 Å². The lowest BCUT2D eigenvalue weighted by molar-refractivity contribution is -0.137. The molecule has 1 N–H and O–H groups in total. The van der Waals surface area contributed by atoms with E-state index in [0.717, 1.165) is 35.2 Å². The van der Waals surface area contributed by atoms with E-state index in [9.17, 15) is 32.3 Å². The van der Waals surface area contributed by atoms with E-state index < -0.39 is 46.6 Å². The molecule has 0 saturated heterocycles. The van der Waals surface area contributed by atoms with Crippen LogP contribution < -0.4 is 4.90 Å². The number of furan rings is 1. The zero-order valence-electron chi connectivity index (χ0n) is 17.7. The van der Waals surface area contributed by atoms with Crippen LogP contribution in [-0.4, -0.2) is 16.8 Å². The molecule has 176 valence electrons. The molecule has 35 heavy (non-hydrogen) atoms. The van der Waals surface area contributed by atoms with Crippen LogP contribution in [0.1, 0.15) is 27.7 Å². The minimum atomic E-state index is -4.61. The fourth-order valence-corrected chi connectivity index (χ4v) is 4.13. The van der Waals surface area contributed by atoms with E-state index in [1.54, 1.807) is 24.3 Å². The standard InChI is InChI=1S/C26H15F4NO4/c27-18-7-3-2-6-17(18)22-21(23(32)20-13-14-5-1-4-8-19(14)35-20)24(33)25(34)31(22)16-11-9-15(10-12-16)26(28,29)30/h1-13,22,33H. The quantitative estimate of drug-likeness (QED) is 0.272. The molecule has 0 radical (unpaired) electrons. The van der Waals surface area contributed by atoms with E-state index in [2.05, 4.69) is 0 Å². The van der Waals surface area contributed by atoms with Crippen molar-refractivity contribution in [3.63, 3.8) is 0 Å². The van der Waals surface area contributed by atoms with Gasteiger partial charge in [0.1, 0.15) is 11.4 Å². The average Bonchev–Trinajstić information content (AvgIpc) is 3.38. The molecular formula is C26H15F4NO4. The van der Waals surface area contributed by atoms with Crippen molar-refractivity contribution in [2.45, 2.75) is 12.2 Å². The first-order valence-electron chi connectivity index (χ1n) is 10.4. The second-order valence-corrected chi connectivity index (χ2v) is 7.88. The number of hydrogen-bond acceptors (Lipinski definition) is 4. The summed E-state index contributed by atoms with van der Waals surface area (Å²) in [6, 6.07) is 15.6. The van der Waals surface area contributed by atoms with Crippen molar-refractivity contribution in [2.75, 3.05) is 4.90 Å². The number of benzene rings is 3. The van der Waals surface area contributed by atoms with Gasteiger partial charge in [-0.2, -0.15) is 13.2 Å². The molecule has 3 aromatic carbocycles. The molecule has 1 atom stereocenters. The first-order valence-corrected chi connectivity index (χ1v) is 10.4. The lowest BCUT2D eigenvalue weighted by Crippen LogP contribution is -2.31. The van der Waals surface area contributed by atoms with Crippen LogP contribution in [0.25, 0.3) is 11.0 Å². The number of amides is 1. The summed E-state index contributed by atoms with van der Waals surface area (Å²) in [7, 11) is 0. The minimum Gasteiger partial charge on any atom is -0.503 e. The van der Waals surface area contributed by atoms with Crippen molar-refractivity contribution in [3.8, 4) is 0 Å². The molecular weight excluding hydrogens is 466 g/mol. The third kappa shape index (κ3) is 3.74. The fourth-order valence-electron chi connectivity index (χ4n) is 4.13. The summed E-state index contributed by atoms with van der Waals surface area (Å²) in [6.45, 7) is 0. The molecule has 0 fully saturated rings. The number of alkyl halides is 3. The summed E-state index contributed by atoms with van der Waals surface area (Å²) in [5, 5.41) is 11.3. The Morgan fingerprint density at radius 2 is 1.60 bits per heavy atom. The van der Waals surface area contributed by atoms with Crippen LogP contribution in [0.5, 0.6) is 0 Å². The topological polar surface area (TPSA) is 70.8 Å². The number of aliphatic hydroxyl groups is 1.